The first-order valence-corrected chi connectivity index (χ1v) is 10.5. The van der Waals surface area contributed by atoms with E-state index in [1.807, 2.05) is 18.2 Å². The molecule has 1 amide bonds. The van der Waals surface area contributed by atoms with Crippen molar-refractivity contribution in [3.8, 4) is 16.9 Å². The van der Waals surface area contributed by atoms with E-state index in [1.165, 1.54) is 6.33 Å². The molecule has 0 aliphatic heterocycles. The van der Waals surface area contributed by atoms with Gasteiger partial charge in [-0.05, 0) is 41.8 Å². The van der Waals surface area contributed by atoms with Crippen molar-refractivity contribution >= 4 is 46.1 Å². The average Bonchev–Trinajstić information content (AvgIpc) is 3.28. The SMILES string of the molecule is CNC(=O)c1ccc(-c2cc(Cl)cc(CCNc3ncnc4nc[nH]c34)c2OC)cc1Cl. The van der Waals surface area contributed by atoms with Crippen LogP contribution in [0.1, 0.15) is 15.9 Å². The van der Waals surface area contributed by atoms with Crippen molar-refractivity contribution < 1.29 is 9.53 Å². The molecule has 8 nitrogen and oxygen atoms in total. The molecule has 4 aromatic rings. The molecule has 0 spiro atoms. The zero-order chi connectivity index (χ0) is 22.7. The summed E-state index contributed by atoms with van der Waals surface area (Å²) < 4.78 is 5.73. The summed E-state index contributed by atoms with van der Waals surface area (Å²) in [7, 11) is 3.18. The molecule has 2 aromatic carbocycles. The van der Waals surface area contributed by atoms with Gasteiger partial charge in [0.05, 0.1) is 24.0 Å². The van der Waals surface area contributed by atoms with Crippen molar-refractivity contribution in [1.29, 1.82) is 0 Å². The monoisotopic (exact) mass is 470 g/mol. The number of hydrogen-bond acceptors (Lipinski definition) is 6. The molecule has 0 bridgehead atoms. The lowest BCUT2D eigenvalue weighted by molar-refractivity contribution is 0.0963. The largest absolute Gasteiger partial charge is 0.496 e. The summed E-state index contributed by atoms with van der Waals surface area (Å²) in [4.78, 5) is 27.5. The van der Waals surface area contributed by atoms with E-state index in [9.17, 15) is 4.79 Å². The van der Waals surface area contributed by atoms with Gasteiger partial charge >= 0.3 is 0 Å². The normalized spacial score (nSPS) is 10.9. The summed E-state index contributed by atoms with van der Waals surface area (Å²) in [5, 5.41) is 6.79. The van der Waals surface area contributed by atoms with Crippen molar-refractivity contribution in [2.75, 3.05) is 26.0 Å². The molecule has 0 saturated carbocycles. The molecule has 164 valence electrons. The molecule has 0 aliphatic rings. The number of fused-ring (bicyclic) bond motifs is 1. The molecule has 2 heterocycles. The van der Waals surface area contributed by atoms with Crippen LogP contribution < -0.4 is 15.4 Å². The smallest absolute Gasteiger partial charge is 0.252 e. The number of ether oxygens (including phenoxy) is 1. The number of imidazole rings is 1. The van der Waals surface area contributed by atoms with Gasteiger partial charge < -0.3 is 20.4 Å². The lowest BCUT2D eigenvalue weighted by Gasteiger charge is -2.16. The number of methoxy groups -OCH3 is 1. The minimum atomic E-state index is -0.248. The highest BCUT2D eigenvalue weighted by molar-refractivity contribution is 6.34. The molecule has 2 aromatic heterocycles. The molecule has 0 saturated heterocycles. The predicted octanol–water partition coefficient (Wildman–Crippen LogP) is 4.35. The van der Waals surface area contributed by atoms with Crippen LogP contribution in [-0.2, 0) is 6.42 Å². The second-order valence-electron chi connectivity index (χ2n) is 6.92. The molecule has 32 heavy (non-hydrogen) atoms. The molecule has 0 atom stereocenters. The lowest BCUT2D eigenvalue weighted by atomic mass is 9.98. The number of nitrogens with one attached hydrogen (secondary N) is 3. The number of H-pyrrole nitrogens is 1. The third-order valence-corrected chi connectivity index (χ3v) is 5.53. The second kappa shape index (κ2) is 9.42. The van der Waals surface area contributed by atoms with Crippen LogP contribution in [-0.4, -0.2) is 46.5 Å². The van der Waals surface area contributed by atoms with E-state index in [0.717, 1.165) is 22.2 Å². The first-order valence-electron chi connectivity index (χ1n) is 9.78. The van der Waals surface area contributed by atoms with Crippen LogP contribution in [0.4, 0.5) is 5.82 Å². The number of anilines is 1. The summed E-state index contributed by atoms with van der Waals surface area (Å²) >= 11 is 12.8. The van der Waals surface area contributed by atoms with Gasteiger partial charge in [0, 0.05) is 24.2 Å². The maximum atomic E-state index is 11.9. The quantitative estimate of drug-likeness (QED) is 0.370. The van der Waals surface area contributed by atoms with E-state index in [-0.39, 0.29) is 5.91 Å². The van der Waals surface area contributed by atoms with Gasteiger partial charge in [0.2, 0.25) is 0 Å². The number of hydrogen-bond donors (Lipinski definition) is 3. The summed E-state index contributed by atoms with van der Waals surface area (Å²) in [5.41, 5.74) is 4.26. The van der Waals surface area contributed by atoms with Crippen LogP contribution in [0.25, 0.3) is 22.3 Å². The molecular weight excluding hydrogens is 451 g/mol. The molecule has 10 heteroatoms. The van der Waals surface area contributed by atoms with Crippen LogP contribution >= 0.6 is 23.2 Å². The van der Waals surface area contributed by atoms with Crippen LogP contribution in [0, 0.1) is 0 Å². The van der Waals surface area contributed by atoms with Gasteiger partial charge in [-0.25, -0.2) is 15.0 Å². The molecule has 0 aliphatic carbocycles. The molecule has 4 rings (SSSR count). The Labute approximate surface area is 194 Å². The maximum Gasteiger partial charge on any atom is 0.252 e. The Kier molecular flexibility index (Phi) is 6.43. The fraction of sp³-hybridized carbons (Fsp3) is 0.182. The Morgan fingerprint density at radius 1 is 1.16 bits per heavy atom. The Morgan fingerprint density at radius 3 is 2.75 bits per heavy atom. The van der Waals surface area contributed by atoms with Crippen molar-refractivity contribution in [3.05, 3.63) is 64.2 Å². The number of aromatic nitrogens is 4. The Hall–Kier alpha value is -3.36. The van der Waals surface area contributed by atoms with E-state index >= 15 is 0 Å². The standard InChI is InChI=1S/C22H20Cl2N6O2/c1-25-22(31)15-4-3-12(8-17(15)24)16-9-14(23)7-13(19(16)32-2)5-6-26-20-18-21(28-10-27-18)30-11-29-20/h3-4,7-11H,5-6H2,1-2H3,(H,25,31)(H2,26,27,28,29,30). The zero-order valence-electron chi connectivity index (χ0n) is 17.4. The van der Waals surface area contributed by atoms with E-state index < -0.39 is 0 Å². The summed E-state index contributed by atoms with van der Waals surface area (Å²) in [5.74, 6) is 1.11. The Morgan fingerprint density at radius 2 is 2.00 bits per heavy atom. The van der Waals surface area contributed by atoms with Crippen LogP contribution in [0.3, 0.4) is 0 Å². The number of carbonyl (C=O) groups is 1. The van der Waals surface area contributed by atoms with Gasteiger partial charge in [0.25, 0.3) is 5.91 Å². The van der Waals surface area contributed by atoms with E-state index in [2.05, 4.69) is 30.6 Å². The number of amides is 1. The van der Waals surface area contributed by atoms with E-state index in [0.29, 0.717) is 45.8 Å². The molecular formula is C22H20Cl2N6O2. The highest BCUT2D eigenvalue weighted by Crippen LogP contribution is 2.38. The minimum absolute atomic E-state index is 0.248. The Bertz CT molecular complexity index is 1290. The molecule has 3 N–H and O–H groups in total. The fourth-order valence-electron chi connectivity index (χ4n) is 3.51. The van der Waals surface area contributed by atoms with Crippen molar-refractivity contribution in [3.63, 3.8) is 0 Å². The van der Waals surface area contributed by atoms with Gasteiger partial charge in [-0.15, -0.1) is 0 Å². The first-order chi connectivity index (χ1) is 15.5. The molecule has 0 unspecified atom stereocenters. The van der Waals surface area contributed by atoms with Crippen LogP contribution in [0.5, 0.6) is 5.75 Å². The molecule has 0 fully saturated rings. The van der Waals surface area contributed by atoms with Gasteiger partial charge in [0.15, 0.2) is 11.5 Å². The number of aromatic amines is 1. The van der Waals surface area contributed by atoms with Crippen molar-refractivity contribution in [2.24, 2.45) is 0 Å². The van der Waals surface area contributed by atoms with Crippen LogP contribution in [0.2, 0.25) is 10.0 Å². The van der Waals surface area contributed by atoms with Crippen molar-refractivity contribution in [2.45, 2.75) is 6.42 Å². The van der Waals surface area contributed by atoms with Gasteiger partial charge in [-0.2, -0.15) is 0 Å². The first kappa shape index (κ1) is 21.9. The highest BCUT2D eigenvalue weighted by atomic mass is 35.5. The van der Waals surface area contributed by atoms with E-state index in [1.54, 1.807) is 32.6 Å². The topological polar surface area (TPSA) is 105 Å². The van der Waals surface area contributed by atoms with Crippen molar-refractivity contribution in [1.82, 2.24) is 25.3 Å². The summed E-state index contributed by atoms with van der Waals surface area (Å²) in [6, 6.07) is 8.93. The third-order valence-electron chi connectivity index (χ3n) is 5.00. The summed E-state index contributed by atoms with van der Waals surface area (Å²) in [6.07, 6.45) is 3.67. The van der Waals surface area contributed by atoms with E-state index in [4.69, 9.17) is 27.9 Å². The van der Waals surface area contributed by atoms with Gasteiger partial charge in [-0.3, -0.25) is 4.79 Å². The molecule has 0 radical (unpaired) electrons. The number of nitrogens with zero attached hydrogens (tertiary/aromatic N) is 3. The third kappa shape index (κ3) is 4.32. The Balaban J connectivity index is 1.61. The van der Waals surface area contributed by atoms with Gasteiger partial charge in [-0.1, -0.05) is 29.3 Å². The maximum absolute atomic E-state index is 11.9. The fourth-order valence-corrected chi connectivity index (χ4v) is 4.01. The predicted molar refractivity (Wildman–Crippen MR) is 126 cm³/mol. The van der Waals surface area contributed by atoms with Gasteiger partial charge in [0.1, 0.15) is 17.6 Å². The number of carbonyl (C=O) groups excluding carboxylic acids is 1. The number of rotatable bonds is 7. The number of benzene rings is 2. The minimum Gasteiger partial charge on any atom is -0.496 e. The summed E-state index contributed by atoms with van der Waals surface area (Å²) in [6.45, 7) is 0.581. The van der Waals surface area contributed by atoms with Crippen LogP contribution in [0.15, 0.2) is 43.0 Å². The zero-order valence-corrected chi connectivity index (χ0v) is 18.9. The number of halogens is 2. The lowest BCUT2D eigenvalue weighted by Crippen LogP contribution is -2.18. The average molecular weight is 471 g/mol. The second-order valence-corrected chi connectivity index (χ2v) is 7.76. The highest BCUT2D eigenvalue weighted by Gasteiger charge is 2.16.